The number of ether oxygens (including phenoxy) is 2. The first kappa shape index (κ1) is 10.3. The van der Waals surface area contributed by atoms with Crippen LogP contribution in [-0.2, 0) is 9.47 Å². The highest BCUT2D eigenvalue weighted by molar-refractivity contribution is 5.74. The lowest BCUT2D eigenvalue weighted by Crippen LogP contribution is -2.49. The summed E-state index contributed by atoms with van der Waals surface area (Å²) >= 11 is 0. The van der Waals surface area contributed by atoms with Crippen LogP contribution in [-0.4, -0.2) is 38.1 Å². The van der Waals surface area contributed by atoms with Gasteiger partial charge in [-0.15, -0.1) is 0 Å². The van der Waals surface area contributed by atoms with Crippen molar-refractivity contribution in [2.24, 2.45) is 0 Å². The fourth-order valence-corrected chi connectivity index (χ4v) is 1.02. The maximum Gasteiger partial charge on any atom is 0.317 e. The highest BCUT2D eigenvalue weighted by atomic mass is 16.6. The Hall–Kier alpha value is -0.810. The Kier molecular flexibility index (Phi) is 3.98. The van der Waals surface area contributed by atoms with Crippen molar-refractivity contribution in [3.05, 3.63) is 0 Å². The third kappa shape index (κ3) is 4.10. The first-order valence-electron chi connectivity index (χ1n) is 4.45. The zero-order valence-electron chi connectivity index (χ0n) is 8.00. The number of hydrogen-bond donors (Lipinski definition) is 2. The Morgan fingerprint density at radius 1 is 1.46 bits per heavy atom. The lowest BCUT2D eigenvalue weighted by Gasteiger charge is -2.24. The van der Waals surface area contributed by atoms with Gasteiger partial charge < -0.3 is 20.1 Å². The van der Waals surface area contributed by atoms with Crippen molar-refractivity contribution >= 4 is 6.03 Å². The SMILES string of the molecule is CC(C)NC(=O)N[C@H]1COCCO1. The Morgan fingerprint density at radius 2 is 2.23 bits per heavy atom. The van der Waals surface area contributed by atoms with E-state index in [0.29, 0.717) is 19.8 Å². The summed E-state index contributed by atoms with van der Waals surface area (Å²) in [5, 5.41) is 5.36. The van der Waals surface area contributed by atoms with Gasteiger partial charge in [-0.1, -0.05) is 0 Å². The number of urea groups is 1. The van der Waals surface area contributed by atoms with E-state index >= 15 is 0 Å². The molecule has 0 radical (unpaired) electrons. The van der Waals surface area contributed by atoms with Gasteiger partial charge >= 0.3 is 6.03 Å². The average molecular weight is 188 g/mol. The van der Waals surface area contributed by atoms with E-state index < -0.39 is 0 Å². The van der Waals surface area contributed by atoms with Crippen molar-refractivity contribution in [3.63, 3.8) is 0 Å². The molecule has 1 saturated heterocycles. The number of rotatable bonds is 2. The molecular weight excluding hydrogens is 172 g/mol. The van der Waals surface area contributed by atoms with Crippen molar-refractivity contribution in [2.45, 2.75) is 26.1 Å². The topological polar surface area (TPSA) is 59.6 Å². The van der Waals surface area contributed by atoms with Crippen LogP contribution in [0.2, 0.25) is 0 Å². The molecule has 1 heterocycles. The zero-order valence-corrected chi connectivity index (χ0v) is 8.00. The number of nitrogens with one attached hydrogen (secondary N) is 2. The molecule has 2 N–H and O–H groups in total. The molecule has 1 aliphatic rings. The van der Waals surface area contributed by atoms with E-state index in [4.69, 9.17) is 9.47 Å². The molecule has 1 aliphatic heterocycles. The molecule has 0 bridgehead atoms. The summed E-state index contributed by atoms with van der Waals surface area (Å²) in [5.41, 5.74) is 0. The Labute approximate surface area is 77.8 Å². The predicted octanol–water partition coefficient (Wildman–Crippen LogP) is 0.0669. The molecule has 0 saturated carbocycles. The van der Waals surface area contributed by atoms with Crippen molar-refractivity contribution in [2.75, 3.05) is 19.8 Å². The van der Waals surface area contributed by atoms with Gasteiger partial charge in [-0.05, 0) is 13.8 Å². The smallest absolute Gasteiger partial charge is 0.317 e. The predicted molar refractivity (Wildman–Crippen MR) is 47.4 cm³/mol. The third-order valence-electron chi connectivity index (χ3n) is 1.53. The molecule has 2 amide bonds. The summed E-state index contributed by atoms with van der Waals surface area (Å²) in [7, 11) is 0. The lowest BCUT2D eigenvalue weighted by atomic mass is 10.4. The number of hydrogen-bond acceptors (Lipinski definition) is 3. The molecule has 5 heteroatoms. The minimum Gasteiger partial charge on any atom is -0.374 e. The fourth-order valence-electron chi connectivity index (χ4n) is 1.02. The molecule has 5 nitrogen and oxygen atoms in total. The quantitative estimate of drug-likeness (QED) is 0.644. The van der Waals surface area contributed by atoms with Crippen molar-refractivity contribution in [1.82, 2.24) is 10.6 Å². The van der Waals surface area contributed by atoms with E-state index in [1.54, 1.807) is 0 Å². The summed E-state index contributed by atoms with van der Waals surface area (Å²) in [4.78, 5) is 11.2. The minimum absolute atomic E-state index is 0.129. The number of carbonyl (C=O) groups excluding carboxylic acids is 1. The monoisotopic (exact) mass is 188 g/mol. The summed E-state index contributed by atoms with van der Waals surface area (Å²) < 4.78 is 10.4. The first-order chi connectivity index (χ1) is 6.18. The maximum absolute atomic E-state index is 11.2. The molecule has 0 unspecified atom stereocenters. The second-order valence-corrected chi connectivity index (χ2v) is 3.21. The number of amides is 2. The first-order valence-corrected chi connectivity index (χ1v) is 4.45. The van der Waals surface area contributed by atoms with Crippen LogP contribution in [0.3, 0.4) is 0 Å². The standard InChI is InChI=1S/C8H16N2O3/c1-6(2)9-8(11)10-7-5-12-3-4-13-7/h6-7H,3-5H2,1-2H3,(H2,9,10,11)/t7-/m1/s1. The number of carbonyl (C=O) groups is 1. The maximum atomic E-state index is 11.2. The molecule has 76 valence electrons. The third-order valence-corrected chi connectivity index (χ3v) is 1.53. The molecule has 1 rings (SSSR count). The van der Waals surface area contributed by atoms with Gasteiger partial charge in [0, 0.05) is 6.04 Å². The van der Waals surface area contributed by atoms with Crippen LogP contribution in [0.4, 0.5) is 4.79 Å². The summed E-state index contributed by atoms with van der Waals surface area (Å²) in [5.74, 6) is 0. The van der Waals surface area contributed by atoms with Crippen molar-refractivity contribution in [3.8, 4) is 0 Å². The Bertz CT molecular complexity index is 167. The van der Waals surface area contributed by atoms with Crippen LogP contribution >= 0.6 is 0 Å². The largest absolute Gasteiger partial charge is 0.374 e. The van der Waals surface area contributed by atoms with E-state index in [0.717, 1.165) is 0 Å². The van der Waals surface area contributed by atoms with Crippen molar-refractivity contribution < 1.29 is 14.3 Å². The molecule has 0 aromatic heterocycles. The molecule has 0 aliphatic carbocycles. The molecule has 0 aromatic carbocycles. The molecular formula is C8H16N2O3. The van der Waals surface area contributed by atoms with Gasteiger partial charge in [0.05, 0.1) is 19.8 Å². The fraction of sp³-hybridized carbons (Fsp3) is 0.875. The highest BCUT2D eigenvalue weighted by Gasteiger charge is 2.16. The lowest BCUT2D eigenvalue weighted by molar-refractivity contribution is -0.0959. The average Bonchev–Trinajstić information content (AvgIpc) is 2.04. The van der Waals surface area contributed by atoms with Crippen LogP contribution in [0.25, 0.3) is 0 Å². The minimum atomic E-state index is -0.313. The van der Waals surface area contributed by atoms with Gasteiger partial charge in [-0.2, -0.15) is 0 Å². The van der Waals surface area contributed by atoms with E-state index in [1.165, 1.54) is 0 Å². The summed E-state index contributed by atoms with van der Waals surface area (Å²) in [6.45, 7) is 5.36. The van der Waals surface area contributed by atoms with Crippen LogP contribution in [0.5, 0.6) is 0 Å². The van der Waals surface area contributed by atoms with Crippen LogP contribution < -0.4 is 10.6 Å². The van der Waals surface area contributed by atoms with Gasteiger partial charge in [0.25, 0.3) is 0 Å². The Balaban J connectivity index is 2.18. The van der Waals surface area contributed by atoms with Gasteiger partial charge in [0.1, 0.15) is 0 Å². The second-order valence-electron chi connectivity index (χ2n) is 3.21. The normalized spacial score (nSPS) is 22.8. The Morgan fingerprint density at radius 3 is 2.77 bits per heavy atom. The van der Waals surface area contributed by atoms with E-state index in [-0.39, 0.29) is 18.3 Å². The van der Waals surface area contributed by atoms with E-state index in [9.17, 15) is 4.79 Å². The zero-order chi connectivity index (χ0) is 9.68. The highest BCUT2D eigenvalue weighted by Crippen LogP contribution is 1.96. The molecule has 0 spiro atoms. The molecule has 0 aromatic rings. The summed E-state index contributed by atoms with van der Waals surface area (Å²) in [6, 6.07) is -0.0880. The van der Waals surface area contributed by atoms with E-state index in [1.807, 2.05) is 13.8 Å². The van der Waals surface area contributed by atoms with Gasteiger partial charge in [-0.25, -0.2) is 4.79 Å². The molecule has 1 fully saturated rings. The molecule has 1 atom stereocenters. The van der Waals surface area contributed by atoms with Gasteiger partial charge in [0.15, 0.2) is 6.23 Å². The molecule has 13 heavy (non-hydrogen) atoms. The van der Waals surface area contributed by atoms with Gasteiger partial charge in [-0.3, -0.25) is 0 Å². The summed E-state index contributed by atoms with van der Waals surface area (Å²) in [6.07, 6.45) is -0.313. The van der Waals surface area contributed by atoms with Crippen LogP contribution in [0.15, 0.2) is 0 Å². The van der Waals surface area contributed by atoms with Gasteiger partial charge in [0.2, 0.25) is 0 Å². The van der Waals surface area contributed by atoms with Crippen molar-refractivity contribution in [1.29, 1.82) is 0 Å². The second kappa shape index (κ2) is 5.04. The van der Waals surface area contributed by atoms with E-state index in [2.05, 4.69) is 10.6 Å². The van der Waals surface area contributed by atoms with Crippen LogP contribution in [0.1, 0.15) is 13.8 Å². The van der Waals surface area contributed by atoms with Crippen LogP contribution in [0, 0.1) is 0 Å².